The van der Waals surface area contributed by atoms with Gasteiger partial charge in [0.2, 0.25) is 0 Å². The number of allylic oxidation sites excluding steroid dienone is 2. The van der Waals surface area contributed by atoms with Crippen molar-refractivity contribution in [1.29, 1.82) is 0 Å². The van der Waals surface area contributed by atoms with Crippen LogP contribution in [0.25, 0.3) is 0 Å². The zero-order valence-corrected chi connectivity index (χ0v) is 6.23. The molecular formula is C8H15F. The first-order chi connectivity index (χ1) is 4.31. The van der Waals surface area contributed by atoms with Crippen molar-refractivity contribution in [3.8, 4) is 0 Å². The van der Waals surface area contributed by atoms with Gasteiger partial charge in [-0.25, -0.2) is 4.39 Å². The molecule has 0 fully saturated rings. The monoisotopic (exact) mass is 130 g/mol. The molecule has 9 heavy (non-hydrogen) atoms. The van der Waals surface area contributed by atoms with Crippen molar-refractivity contribution in [1.82, 2.24) is 0 Å². The Morgan fingerprint density at radius 2 is 2.00 bits per heavy atom. The van der Waals surface area contributed by atoms with Gasteiger partial charge >= 0.3 is 0 Å². The highest BCUT2D eigenvalue weighted by atomic mass is 19.1. The highest BCUT2D eigenvalue weighted by Gasteiger charge is 1.96. The van der Waals surface area contributed by atoms with Crippen LogP contribution in [0.5, 0.6) is 0 Å². The Kier molecular flexibility index (Phi) is 5.59. The fourth-order valence-electron chi connectivity index (χ4n) is 0.577. The third-order valence-corrected chi connectivity index (χ3v) is 1.24. The third kappa shape index (κ3) is 5.54. The Hall–Kier alpha value is -0.330. The molecule has 0 aromatic rings. The Bertz CT molecular complexity index is 76.6. The standard InChI is InChI=1S/C8H15F/c1-3-5-6-7-8(9)4-2/h5-6,8H,3-4,7H2,1-2H3. The van der Waals surface area contributed by atoms with Gasteiger partial charge in [0.15, 0.2) is 0 Å². The van der Waals surface area contributed by atoms with E-state index in [0.717, 1.165) is 6.42 Å². The number of halogens is 1. The molecule has 0 saturated carbocycles. The van der Waals surface area contributed by atoms with Gasteiger partial charge in [-0.2, -0.15) is 0 Å². The van der Waals surface area contributed by atoms with E-state index in [4.69, 9.17) is 0 Å². The summed E-state index contributed by atoms with van der Waals surface area (Å²) in [6.45, 7) is 3.92. The molecule has 0 bridgehead atoms. The van der Waals surface area contributed by atoms with Gasteiger partial charge in [0, 0.05) is 0 Å². The average molecular weight is 130 g/mol. The molecule has 0 nitrogen and oxygen atoms in total. The van der Waals surface area contributed by atoms with E-state index in [9.17, 15) is 4.39 Å². The van der Waals surface area contributed by atoms with Crippen molar-refractivity contribution in [3.05, 3.63) is 12.2 Å². The van der Waals surface area contributed by atoms with E-state index in [-0.39, 0.29) is 0 Å². The summed E-state index contributed by atoms with van der Waals surface area (Å²) in [5, 5.41) is 0. The summed E-state index contributed by atoms with van der Waals surface area (Å²) >= 11 is 0. The molecule has 0 heterocycles. The predicted octanol–water partition coefficient (Wildman–Crippen LogP) is 3.09. The zero-order chi connectivity index (χ0) is 7.11. The van der Waals surface area contributed by atoms with E-state index in [0.29, 0.717) is 12.8 Å². The van der Waals surface area contributed by atoms with Crippen molar-refractivity contribution in [2.75, 3.05) is 0 Å². The highest BCUT2D eigenvalue weighted by Crippen LogP contribution is 2.02. The topological polar surface area (TPSA) is 0 Å². The third-order valence-electron chi connectivity index (χ3n) is 1.24. The van der Waals surface area contributed by atoms with Gasteiger partial charge in [-0.05, 0) is 19.3 Å². The molecule has 0 spiro atoms. The van der Waals surface area contributed by atoms with Crippen LogP contribution in [0.1, 0.15) is 33.1 Å². The minimum atomic E-state index is -0.632. The Morgan fingerprint density at radius 3 is 2.44 bits per heavy atom. The highest BCUT2D eigenvalue weighted by molar-refractivity contribution is 4.82. The molecule has 1 unspecified atom stereocenters. The second-order valence-electron chi connectivity index (χ2n) is 2.12. The lowest BCUT2D eigenvalue weighted by atomic mass is 10.2. The summed E-state index contributed by atoms with van der Waals surface area (Å²) in [6, 6.07) is 0. The molecule has 0 aliphatic carbocycles. The fourth-order valence-corrected chi connectivity index (χ4v) is 0.577. The van der Waals surface area contributed by atoms with Crippen LogP contribution in [0.4, 0.5) is 4.39 Å². The molecule has 0 aromatic heterocycles. The first kappa shape index (κ1) is 8.67. The van der Waals surface area contributed by atoms with Crippen LogP contribution in [0.15, 0.2) is 12.2 Å². The molecule has 0 radical (unpaired) electrons. The molecule has 0 saturated heterocycles. The van der Waals surface area contributed by atoms with Crippen molar-refractivity contribution in [3.63, 3.8) is 0 Å². The average Bonchev–Trinajstić information content (AvgIpc) is 1.89. The molecule has 0 aliphatic heterocycles. The van der Waals surface area contributed by atoms with E-state index >= 15 is 0 Å². The first-order valence-corrected chi connectivity index (χ1v) is 3.60. The minimum absolute atomic E-state index is 0.588. The van der Waals surface area contributed by atoms with E-state index in [1.807, 2.05) is 19.1 Å². The van der Waals surface area contributed by atoms with Crippen LogP contribution in [-0.4, -0.2) is 6.17 Å². The van der Waals surface area contributed by atoms with Crippen molar-refractivity contribution >= 4 is 0 Å². The summed E-state index contributed by atoms with van der Waals surface area (Å²) in [4.78, 5) is 0. The fraction of sp³-hybridized carbons (Fsp3) is 0.750. The van der Waals surface area contributed by atoms with Crippen LogP contribution >= 0.6 is 0 Å². The zero-order valence-electron chi connectivity index (χ0n) is 6.23. The second kappa shape index (κ2) is 5.80. The van der Waals surface area contributed by atoms with Crippen molar-refractivity contribution in [2.24, 2.45) is 0 Å². The maximum atomic E-state index is 12.4. The Labute approximate surface area is 56.8 Å². The predicted molar refractivity (Wildman–Crippen MR) is 39.2 cm³/mol. The maximum absolute atomic E-state index is 12.4. The molecule has 1 heteroatoms. The lowest BCUT2D eigenvalue weighted by Gasteiger charge is -1.97. The summed E-state index contributed by atoms with van der Waals surface area (Å²) in [6.07, 6.45) is 5.51. The van der Waals surface area contributed by atoms with Crippen LogP contribution in [-0.2, 0) is 0 Å². The summed E-state index contributed by atoms with van der Waals surface area (Å²) in [7, 11) is 0. The molecule has 54 valence electrons. The quantitative estimate of drug-likeness (QED) is 0.513. The first-order valence-electron chi connectivity index (χ1n) is 3.60. The number of alkyl halides is 1. The van der Waals surface area contributed by atoms with Crippen LogP contribution in [0, 0.1) is 0 Å². The number of hydrogen-bond acceptors (Lipinski definition) is 0. The van der Waals surface area contributed by atoms with Crippen molar-refractivity contribution in [2.45, 2.75) is 39.3 Å². The van der Waals surface area contributed by atoms with Gasteiger partial charge in [0.25, 0.3) is 0 Å². The Balaban J connectivity index is 3.15. The van der Waals surface area contributed by atoms with E-state index in [1.165, 1.54) is 0 Å². The largest absolute Gasteiger partial charge is 0.247 e. The van der Waals surface area contributed by atoms with E-state index < -0.39 is 6.17 Å². The summed E-state index contributed by atoms with van der Waals surface area (Å²) in [5.41, 5.74) is 0. The molecule has 0 rings (SSSR count). The van der Waals surface area contributed by atoms with Crippen molar-refractivity contribution < 1.29 is 4.39 Å². The number of rotatable bonds is 4. The van der Waals surface area contributed by atoms with Crippen LogP contribution in [0.3, 0.4) is 0 Å². The molecule has 0 N–H and O–H groups in total. The molecular weight excluding hydrogens is 115 g/mol. The molecule has 1 atom stereocenters. The van der Waals surface area contributed by atoms with Gasteiger partial charge in [0.05, 0.1) is 0 Å². The van der Waals surface area contributed by atoms with Crippen LogP contribution in [0.2, 0.25) is 0 Å². The lowest BCUT2D eigenvalue weighted by Crippen LogP contribution is -1.93. The van der Waals surface area contributed by atoms with E-state index in [2.05, 4.69) is 6.92 Å². The number of hydrogen-bond donors (Lipinski definition) is 0. The molecule has 0 amide bonds. The van der Waals surface area contributed by atoms with Gasteiger partial charge in [-0.1, -0.05) is 26.0 Å². The van der Waals surface area contributed by atoms with Crippen LogP contribution < -0.4 is 0 Å². The van der Waals surface area contributed by atoms with E-state index in [1.54, 1.807) is 0 Å². The normalized spacial score (nSPS) is 14.6. The van der Waals surface area contributed by atoms with Gasteiger partial charge < -0.3 is 0 Å². The smallest absolute Gasteiger partial charge is 0.103 e. The van der Waals surface area contributed by atoms with Gasteiger partial charge in [0.1, 0.15) is 6.17 Å². The lowest BCUT2D eigenvalue weighted by molar-refractivity contribution is 0.327. The van der Waals surface area contributed by atoms with Gasteiger partial charge in [-0.3, -0.25) is 0 Å². The molecule has 0 aromatic carbocycles. The maximum Gasteiger partial charge on any atom is 0.103 e. The minimum Gasteiger partial charge on any atom is -0.247 e. The summed E-state index contributed by atoms with van der Waals surface area (Å²) < 4.78 is 12.4. The second-order valence-corrected chi connectivity index (χ2v) is 2.12. The SMILES string of the molecule is CCC=CCC(F)CC. The van der Waals surface area contributed by atoms with Gasteiger partial charge in [-0.15, -0.1) is 0 Å². The summed E-state index contributed by atoms with van der Waals surface area (Å²) in [5.74, 6) is 0. The molecule has 0 aliphatic rings. The Morgan fingerprint density at radius 1 is 1.33 bits per heavy atom.